The van der Waals surface area contributed by atoms with Gasteiger partial charge in [0.05, 0.1) is 22.3 Å². The summed E-state index contributed by atoms with van der Waals surface area (Å²) in [6.07, 6.45) is 1.57. The van der Waals surface area contributed by atoms with Crippen molar-refractivity contribution in [3.63, 3.8) is 0 Å². The Bertz CT molecular complexity index is 606. The summed E-state index contributed by atoms with van der Waals surface area (Å²) in [5, 5.41) is 6.91. The molecule has 106 valence electrons. The van der Waals surface area contributed by atoms with Crippen molar-refractivity contribution in [2.75, 3.05) is 12.4 Å². The lowest BCUT2D eigenvalue weighted by atomic mass is 10.2. The maximum atomic E-state index is 12.2. The van der Waals surface area contributed by atoms with Crippen LogP contribution in [-0.4, -0.2) is 22.9 Å². The highest BCUT2D eigenvalue weighted by atomic mass is 32.1. The van der Waals surface area contributed by atoms with E-state index in [1.807, 2.05) is 20.8 Å². The molecule has 1 atom stereocenters. The van der Waals surface area contributed by atoms with Crippen molar-refractivity contribution >= 4 is 23.1 Å². The van der Waals surface area contributed by atoms with Crippen LogP contribution in [0.1, 0.15) is 38.9 Å². The molecule has 1 unspecified atom stereocenters. The summed E-state index contributed by atoms with van der Waals surface area (Å²) in [6, 6.07) is 3.48. The standard InChI is InChI=1S/C14H18N4OS/c1-8-13(20-10(3)17-8)9(2)18-14(19)11-5-6-12(15-4)16-7-11/h5-7,9H,1-4H3,(H,15,16)(H,18,19). The van der Waals surface area contributed by atoms with E-state index in [0.717, 1.165) is 21.4 Å². The fraction of sp³-hybridized carbons (Fsp3) is 0.357. The van der Waals surface area contributed by atoms with E-state index in [4.69, 9.17) is 0 Å². The average molecular weight is 290 g/mol. The molecule has 0 aliphatic rings. The van der Waals surface area contributed by atoms with E-state index in [1.54, 1.807) is 36.7 Å². The lowest BCUT2D eigenvalue weighted by molar-refractivity contribution is 0.0940. The zero-order valence-electron chi connectivity index (χ0n) is 12.0. The summed E-state index contributed by atoms with van der Waals surface area (Å²) in [6.45, 7) is 5.90. The zero-order valence-corrected chi connectivity index (χ0v) is 12.8. The molecule has 5 nitrogen and oxygen atoms in total. The van der Waals surface area contributed by atoms with Crippen LogP contribution >= 0.6 is 11.3 Å². The molecular weight excluding hydrogens is 272 g/mol. The molecule has 0 spiro atoms. The van der Waals surface area contributed by atoms with Gasteiger partial charge in [0.25, 0.3) is 5.91 Å². The first kappa shape index (κ1) is 14.5. The molecule has 20 heavy (non-hydrogen) atoms. The molecule has 2 rings (SSSR count). The fourth-order valence-electron chi connectivity index (χ4n) is 1.97. The predicted octanol–water partition coefficient (Wildman–Crippen LogP) is 2.69. The molecule has 0 saturated heterocycles. The van der Waals surface area contributed by atoms with E-state index >= 15 is 0 Å². The lowest BCUT2D eigenvalue weighted by Gasteiger charge is -2.13. The minimum atomic E-state index is -0.127. The maximum absolute atomic E-state index is 12.2. The molecular formula is C14H18N4OS. The molecule has 2 heterocycles. The number of anilines is 1. The second-order valence-corrected chi connectivity index (χ2v) is 5.79. The maximum Gasteiger partial charge on any atom is 0.253 e. The Morgan fingerprint density at radius 2 is 2.10 bits per heavy atom. The van der Waals surface area contributed by atoms with Gasteiger partial charge in [0, 0.05) is 18.1 Å². The van der Waals surface area contributed by atoms with Crippen LogP contribution in [0.3, 0.4) is 0 Å². The zero-order chi connectivity index (χ0) is 14.7. The SMILES string of the molecule is CNc1ccc(C(=O)NC(C)c2sc(C)nc2C)cn1. The van der Waals surface area contributed by atoms with E-state index in [-0.39, 0.29) is 11.9 Å². The third-order valence-corrected chi connectivity index (χ3v) is 4.22. The van der Waals surface area contributed by atoms with Crippen LogP contribution in [0.25, 0.3) is 0 Å². The van der Waals surface area contributed by atoms with Crippen molar-refractivity contribution in [2.24, 2.45) is 0 Å². The number of pyridine rings is 1. The molecule has 2 aromatic heterocycles. The van der Waals surface area contributed by atoms with Gasteiger partial charge in [-0.25, -0.2) is 9.97 Å². The first-order valence-electron chi connectivity index (χ1n) is 6.40. The third kappa shape index (κ3) is 3.14. The summed E-state index contributed by atoms with van der Waals surface area (Å²) in [7, 11) is 1.79. The average Bonchev–Trinajstić information content (AvgIpc) is 2.78. The van der Waals surface area contributed by atoms with Gasteiger partial charge in [-0.3, -0.25) is 4.79 Å². The number of hydrogen-bond donors (Lipinski definition) is 2. The van der Waals surface area contributed by atoms with Crippen molar-refractivity contribution in [3.8, 4) is 0 Å². The number of hydrogen-bond acceptors (Lipinski definition) is 5. The summed E-state index contributed by atoms with van der Waals surface area (Å²) in [5.74, 6) is 0.613. The van der Waals surface area contributed by atoms with Crippen LogP contribution < -0.4 is 10.6 Å². The Balaban J connectivity index is 2.08. The number of nitrogens with zero attached hydrogens (tertiary/aromatic N) is 2. The Morgan fingerprint density at radius 1 is 1.35 bits per heavy atom. The lowest BCUT2D eigenvalue weighted by Crippen LogP contribution is -2.26. The number of nitrogens with one attached hydrogen (secondary N) is 2. The summed E-state index contributed by atoms with van der Waals surface area (Å²) >= 11 is 1.61. The van der Waals surface area contributed by atoms with Crippen molar-refractivity contribution in [1.29, 1.82) is 0 Å². The molecule has 0 aliphatic heterocycles. The number of carbonyl (C=O) groups excluding carboxylic acids is 1. The van der Waals surface area contributed by atoms with Gasteiger partial charge in [0.15, 0.2) is 0 Å². The van der Waals surface area contributed by atoms with Crippen molar-refractivity contribution in [2.45, 2.75) is 26.8 Å². The first-order chi connectivity index (χ1) is 9.51. The Kier molecular flexibility index (Phi) is 4.34. The second-order valence-electron chi connectivity index (χ2n) is 4.56. The van der Waals surface area contributed by atoms with Crippen LogP contribution in [0.4, 0.5) is 5.82 Å². The monoisotopic (exact) mass is 290 g/mol. The molecule has 0 radical (unpaired) electrons. The third-order valence-electron chi connectivity index (χ3n) is 2.96. The molecule has 0 bridgehead atoms. The minimum Gasteiger partial charge on any atom is -0.373 e. The van der Waals surface area contributed by atoms with E-state index in [9.17, 15) is 4.79 Å². The van der Waals surface area contributed by atoms with E-state index < -0.39 is 0 Å². The van der Waals surface area contributed by atoms with E-state index in [0.29, 0.717) is 5.56 Å². The number of rotatable bonds is 4. The molecule has 1 amide bonds. The van der Waals surface area contributed by atoms with Crippen molar-refractivity contribution in [3.05, 3.63) is 39.5 Å². The first-order valence-corrected chi connectivity index (χ1v) is 7.21. The predicted molar refractivity (Wildman–Crippen MR) is 81.3 cm³/mol. The van der Waals surface area contributed by atoms with Crippen molar-refractivity contribution in [1.82, 2.24) is 15.3 Å². The van der Waals surface area contributed by atoms with Crippen LogP contribution in [-0.2, 0) is 0 Å². The summed E-state index contributed by atoms with van der Waals surface area (Å²) in [5.41, 5.74) is 1.53. The highest BCUT2D eigenvalue weighted by Crippen LogP contribution is 2.24. The van der Waals surface area contributed by atoms with E-state index in [2.05, 4.69) is 20.6 Å². The van der Waals surface area contributed by atoms with Gasteiger partial charge >= 0.3 is 0 Å². The number of aromatic nitrogens is 2. The molecule has 0 aliphatic carbocycles. The largest absolute Gasteiger partial charge is 0.373 e. The fourth-order valence-corrected chi connectivity index (χ4v) is 2.90. The van der Waals surface area contributed by atoms with Gasteiger partial charge in [-0.2, -0.15) is 0 Å². The van der Waals surface area contributed by atoms with Crippen LogP contribution in [0, 0.1) is 13.8 Å². The molecule has 6 heteroatoms. The van der Waals surface area contributed by atoms with E-state index in [1.165, 1.54) is 0 Å². The van der Waals surface area contributed by atoms with Gasteiger partial charge < -0.3 is 10.6 Å². The number of carbonyl (C=O) groups is 1. The van der Waals surface area contributed by atoms with Gasteiger partial charge in [-0.05, 0) is 32.9 Å². The quantitative estimate of drug-likeness (QED) is 0.908. The summed E-state index contributed by atoms with van der Waals surface area (Å²) in [4.78, 5) is 21.8. The molecule has 0 saturated carbocycles. The Hall–Kier alpha value is -1.95. The molecule has 2 aromatic rings. The summed E-state index contributed by atoms with van der Waals surface area (Å²) < 4.78 is 0. The number of aryl methyl sites for hydroxylation is 2. The topological polar surface area (TPSA) is 66.9 Å². The smallest absolute Gasteiger partial charge is 0.253 e. The van der Waals surface area contributed by atoms with Crippen LogP contribution in [0.5, 0.6) is 0 Å². The highest BCUT2D eigenvalue weighted by molar-refractivity contribution is 7.11. The molecule has 2 N–H and O–H groups in total. The molecule has 0 fully saturated rings. The normalized spacial score (nSPS) is 12.0. The van der Waals surface area contributed by atoms with Crippen LogP contribution in [0.15, 0.2) is 18.3 Å². The van der Waals surface area contributed by atoms with Gasteiger partial charge in [0.1, 0.15) is 5.82 Å². The number of thiazole rings is 1. The van der Waals surface area contributed by atoms with Gasteiger partial charge in [-0.15, -0.1) is 11.3 Å². The van der Waals surface area contributed by atoms with Crippen molar-refractivity contribution < 1.29 is 4.79 Å². The Labute approximate surface area is 122 Å². The molecule has 0 aromatic carbocycles. The Morgan fingerprint density at radius 3 is 2.60 bits per heavy atom. The number of amides is 1. The van der Waals surface area contributed by atoms with Crippen LogP contribution in [0.2, 0.25) is 0 Å². The van der Waals surface area contributed by atoms with Gasteiger partial charge in [0.2, 0.25) is 0 Å². The van der Waals surface area contributed by atoms with Gasteiger partial charge in [-0.1, -0.05) is 0 Å². The highest BCUT2D eigenvalue weighted by Gasteiger charge is 2.16. The second kappa shape index (κ2) is 6.00. The minimum absolute atomic E-state index is 0.0577.